The molecule has 1 rings (SSSR count). The fraction of sp³-hybridized carbons (Fsp3) is 0.571. The van der Waals surface area contributed by atoms with Crippen LogP contribution in [-0.4, -0.2) is 29.3 Å². The standard InChI is InChI=1S/C14H22ClN3O2/c1-9-6-11(12(15)16-7-9)18-10(2)8-17-13(19)20-14(3,4)5/h6-7,10,18H,8H2,1-5H3,(H,17,19). The quantitative estimate of drug-likeness (QED) is 0.837. The van der Waals surface area contributed by atoms with Gasteiger partial charge in [0.2, 0.25) is 0 Å². The van der Waals surface area contributed by atoms with Crippen LogP contribution in [0.1, 0.15) is 33.3 Å². The Labute approximate surface area is 125 Å². The van der Waals surface area contributed by atoms with Gasteiger partial charge in [-0.1, -0.05) is 11.6 Å². The number of aromatic nitrogens is 1. The Morgan fingerprint density at radius 1 is 1.50 bits per heavy atom. The summed E-state index contributed by atoms with van der Waals surface area (Å²) in [6.45, 7) is 9.79. The van der Waals surface area contributed by atoms with E-state index >= 15 is 0 Å². The Balaban J connectivity index is 2.46. The molecule has 0 aliphatic carbocycles. The number of nitrogens with zero attached hydrogens (tertiary/aromatic N) is 1. The SMILES string of the molecule is Cc1cnc(Cl)c(NC(C)CNC(=O)OC(C)(C)C)c1. The molecule has 1 aromatic heterocycles. The largest absolute Gasteiger partial charge is 0.444 e. The molecule has 0 spiro atoms. The molecular formula is C14H22ClN3O2. The summed E-state index contributed by atoms with van der Waals surface area (Å²) in [5, 5.41) is 6.33. The second kappa shape index (κ2) is 6.79. The van der Waals surface area contributed by atoms with Crippen LogP contribution in [0.5, 0.6) is 0 Å². The van der Waals surface area contributed by atoms with Gasteiger partial charge in [-0.15, -0.1) is 0 Å². The van der Waals surface area contributed by atoms with Crippen LogP contribution in [0.4, 0.5) is 10.5 Å². The van der Waals surface area contributed by atoms with Gasteiger partial charge in [-0.3, -0.25) is 0 Å². The van der Waals surface area contributed by atoms with Gasteiger partial charge in [0.05, 0.1) is 5.69 Å². The molecule has 1 unspecified atom stereocenters. The number of carbonyl (C=O) groups is 1. The number of halogens is 1. The van der Waals surface area contributed by atoms with Crippen molar-refractivity contribution in [1.82, 2.24) is 10.3 Å². The lowest BCUT2D eigenvalue weighted by atomic mass is 10.2. The smallest absolute Gasteiger partial charge is 0.407 e. The Kier molecular flexibility index (Phi) is 5.62. The first-order valence-electron chi connectivity index (χ1n) is 6.53. The molecule has 2 N–H and O–H groups in total. The zero-order valence-electron chi connectivity index (χ0n) is 12.6. The summed E-state index contributed by atoms with van der Waals surface area (Å²) in [6, 6.07) is 1.92. The van der Waals surface area contributed by atoms with Crippen molar-refractivity contribution in [2.24, 2.45) is 0 Å². The molecule has 0 radical (unpaired) electrons. The maximum Gasteiger partial charge on any atom is 0.407 e. The number of pyridine rings is 1. The van der Waals surface area contributed by atoms with Crippen molar-refractivity contribution >= 4 is 23.4 Å². The van der Waals surface area contributed by atoms with Gasteiger partial charge in [-0.05, 0) is 46.2 Å². The molecule has 0 fully saturated rings. The van der Waals surface area contributed by atoms with Gasteiger partial charge in [0.25, 0.3) is 0 Å². The number of rotatable bonds is 4. The molecule has 1 amide bonds. The Hall–Kier alpha value is -1.49. The lowest BCUT2D eigenvalue weighted by molar-refractivity contribution is 0.0526. The predicted molar refractivity (Wildman–Crippen MR) is 81.3 cm³/mol. The predicted octanol–water partition coefficient (Wildman–Crippen LogP) is 3.37. The zero-order chi connectivity index (χ0) is 15.3. The second-order valence-corrected chi connectivity index (χ2v) is 6.14. The molecule has 0 aliphatic rings. The van der Waals surface area contributed by atoms with Gasteiger partial charge in [-0.25, -0.2) is 9.78 Å². The summed E-state index contributed by atoms with van der Waals surface area (Å²) < 4.78 is 5.16. The normalized spacial score (nSPS) is 12.7. The van der Waals surface area contributed by atoms with Crippen molar-refractivity contribution in [1.29, 1.82) is 0 Å². The van der Waals surface area contributed by atoms with Crippen LogP contribution in [-0.2, 0) is 4.74 Å². The molecule has 0 saturated carbocycles. The summed E-state index contributed by atoms with van der Waals surface area (Å²) in [7, 11) is 0. The molecule has 5 nitrogen and oxygen atoms in total. The second-order valence-electron chi connectivity index (χ2n) is 5.78. The van der Waals surface area contributed by atoms with Crippen LogP contribution in [0, 0.1) is 6.92 Å². The Morgan fingerprint density at radius 3 is 2.75 bits per heavy atom. The summed E-state index contributed by atoms with van der Waals surface area (Å²) in [5.74, 6) is 0. The van der Waals surface area contributed by atoms with E-state index in [-0.39, 0.29) is 6.04 Å². The van der Waals surface area contributed by atoms with E-state index in [0.29, 0.717) is 11.7 Å². The maximum absolute atomic E-state index is 11.5. The third-order valence-electron chi connectivity index (χ3n) is 2.33. The highest BCUT2D eigenvalue weighted by molar-refractivity contribution is 6.31. The summed E-state index contributed by atoms with van der Waals surface area (Å²) >= 11 is 6.00. The average molecular weight is 300 g/mol. The fourth-order valence-corrected chi connectivity index (χ4v) is 1.68. The molecule has 1 aromatic rings. The van der Waals surface area contributed by atoms with E-state index in [2.05, 4.69) is 15.6 Å². The molecule has 0 bridgehead atoms. The van der Waals surface area contributed by atoms with Crippen LogP contribution < -0.4 is 10.6 Å². The van der Waals surface area contributed by atoms with Crippen molar-refractivity contribution in [3.05, 3.63) is 23.0 Å². The fourth-order valence-electron chi connectivity index (χ4n) is 1.52. The first-order chi connectivity index (χ1) is 9.17. The molecular weight excluding hydrogens is 278 g/mol. The molecule has 6 heteroatoms. The maximum atomic E-state index is 11.5. The molecule has 0 aromatic carbocycles. The molecule has 0 aliphatic heterocycles. The highest BCUT2D eigenvalue weighted by Crippen LogP contribution is 2.20. The van der Waals surface area contributed by atoms with E-state index in [1.165, 1.54) is 0 Å². The van der Waals surface area contributed by atoms with E-state index in [1.54, 1.807) is 6.20 Å². The summed E-state index contributed by atoms with van der Waals surface area (Å²) in [6.07, 6.45) is 1.27. The van der Waals surface area contributed by atoms with E-state index in [0.717, 1.165) is 11.3 Å². The lowest BCUT2D eigenvalue weighted by Gasteiger charge is -2.21. The van der Waals surface area contributed by atoms with Gasteiger partial charge in [0, 0.05) is 18.8 Å². The van der Waals surface area contributed by atoms with Gasteiger partial charge in [0.15, 0.2) is 5.15 Å². The van der Waals surface area contributed by atoms with Crippen molar-refractivity contribution in [2.75, 3.05) is 11.9 Å². The molecule has 1 atom stereocenters. The minimum absolute atomic E-state index is 0.00335. The Morgan fingerprint density at radius 2 is 2.15 bits per heavy atom. The monoisotopic (exact) mass is 299 g/mol. The Bertz CT molecular complexity index is 472. The van der Waals surface area contributed by atoms with Crippen molar-refractivity contribution in [2.45, 2.75) is 46.3 Å². The van der Waals surface area contributed by atoms with Gasteiger partial charge in [0.1, 0.15) is 5.60 Å². The van der Waals surface area contributed by atoms with Crippen molar-refractivity contribution < 1.29 is 9.53 Å². The first kappa shape index (κ1) is 16.6. The van der Waals surface area contributed by atoms with Gasteiger partial charge in [-0.2, -0.15) is 0 Å². The molecule has 20 heavy (non-hydrogen) atoms. The highest BCUT2D eigenvalue weighted by Gasteiger charge is 2.16. The van der Waals surface area contributed by atoms with Gasteiger partial charge < -0.3 is 15.4 Å². The number of ether oxygens (including phenoxy) is 1. The minimum Gasteiger partial charge on any atom is -0.444 e. The van der Waals surface area contributed by atoms with Crippen LogP contribution in [0.2, 0.25) is 5.15 Å². The van der Waals surface area contributed by atoms with Crippen LogP contribution in [0.3, 0.4) is 0 Å². The summed E-state index contributed by atoms with van der Waals surface area (Å²) in [4.78, 5) is 15.6. The number of hydrogen-bond donors (Lipinski definition) is 2. The number of amides is 1. The number of hydrogen-bond acceptors (Lipinski definition) is 4. The topological polar surface area (TPSA) is 63.2 Å². The molecule has 0 saturated heterocycles. The number of aryl methyl sites for hydroxylation is 1. The van der Waals surface area contributed by atoms with Crippen molar-refractivity contribution in [3.63, 3.8) is 0 Å². The average Bonchev–Trinajstić information content (AvgIpc) is 2.29. The van der Waals surface area contributed by atoms with Crippen molar-refractivity contribution in [3.8, 4) is 0 Å². The van der Waals surface area contributed by atoms with Gasteiger partial charge >= 0.3 is 6.09 Å². The highest BCUT2D eigenvalue weighted by atomic mass is 35.5. The third-order valence-corrected chi connectivity index (χ3v) is 2.63. The number of carbonyl (C=O) groups excluding carboxylic acids is 1. The summed E-state index contributed by atoms with van der Waals surface area (Å²) in [5.41, 5.74) is 1.28. The zero-order valence-corrected chi connectivity index (χ0v) is 13.3. The lowest BCUT2D eigenvalue weighted by Crippen LogP contribution is -2.38. The van der Waals surface area contributed by atoms with E-state index in [4.69, 9.17) is 16.3 Å². The number of anilines is 1. The number of alkyl carbamates (subject to hydrolysis) is 1. The third kappa shape index (κ3) is 6.10. The minimum atomic E-state index is -0.496. The molecule has 1 heterocycles. The number of nitrogens with one attached hydrogen (secondary N) is 2. The van der Waals surface area contributed by atoms with Crippen LogP contribution in [0.25, 0.3) is 0 Å². The van der Waals surface area contributed by atoms with Crippen LogP contribution in [0.15, 0.2) is 12.3 Å². The van der Waals surface area contributed by atoms with E-state index < -0.39 is 11.7 Å². The van der Waals surface area contributed by atoms with Crippen LogP contribution >= 0.6 is 11.6 Å². The van der Waals surface area contributed by atoms with E-state index in [1.807, 2.05) is 40.7 Å². The first-order valence-corrected chi connectivity index (χ1v) is 6.90. The molecule has 112 valence electrons. The van der Waals surface area contributed by atoms with E-state index in [9.17, 15) is 4.79 Å².